The minimum atomic E-state index is -0.0652. The van der Waals surface area contributed by atoms with Crippen molar-refractivity contribution in [3.05, 3.63) is 29.8 Å². The van der Waals surface area contributed by atoms with Gasteiger partial charge in [-0.1, -0.05) is 6.07 Å². The summed E-state index contributed by atoms with van der Waals surface area (Å²) in [7, 11) is 0. The predicted molar refractivity (Wildman–Crippen MR) is 90.6 cm³/mol. The third kappa shape index (κ3) is 3.72. The molecule has 0 radical (unpaired) electrons. The summed E-state index contributed by atoms with van der Waals surface area (Å²) in [5, 5.41) is 3.02. The van der Waals surface area contributed by atoms with E-state index in [0.29, 0.717) is 24.6 Å². The Hall–Kier alpha value is -1.88. The largest absolute Gasteiger partial charge is 0.350 e. The van der Waals surface area contributed by atoms with Gasteiger partial charge in [0, 0.05) is 36.8 Å². The monoisotopic (exact) mass is 315 g/mol. The normalized spacial score (nSPS) is 20.0. The highest BCUT2D eigenvalue weighted by atomic mass is 16.2. The number of hydrogen-bond acceptors (Lipinski definition) is 3. The van der Waals surface area contributed by atoms with Gasteiger partial charge in [0.2, 0.25) is 5.91 Å². The van der Waals surface area contributed by atoms with Gasteiger partial charge in [-0.2, -0.15) is 0 Å². The molecular formula is C18H25N3O2. The van der Waals surface area contributed by atoms with E-state index in [-0.39, 0.29) is 11.8 Å². The molecule has 0 bridgehead atoms. The van der Waals surface area contributed by atoms with E-state index in [1.807, 2.05) is 18.2 Å². The van der Waals surface area contributed by atoms with Gasteiger partial charge in [0.05, 0.1) is 0 Å². The Balaban J connectivity index is 1.59. The molecule has 1 unspecified atom stereocenters. The number of carbonyl (C=O) groups excluding carboxylic acids is 2. The zero-order chi connectivity index (χ0) is 16.2. The summed E-state index contributed by atoms with van der Waals surface area (Å²) in [6.07, 6.45) is 4.00. The van der Waals surface area contributed by atoms with Crippen LogP contribution in [0.4, 0.5) is 5.69 Å². The number of hydrogen-bond donors (Lipinski definition) is 1. The quantitative estimate of drug-likeness (QED) is 0.904. The van der Waals surface area contributed by atoms with Gasteiger partial charge in [0.1, 0.15) is 0 Å². The van der Waals surface area contributed by atoms with Crippen LogP contribution in [0.15, 0.2) is 24.3 Å². The Morgan fingerprint density at radius 1 is 1.22 bits per heavy atom. The Bertz CT molecular complexity index is 581. The van der Waals surface area contributed by atoms with Crippen LogP contribution >= 0.6 is 0 Å². The van der Waals surface area contributed by atoms with Gasteiger partial charge >= 0.3 is 0 Å². The second kappa shape index (κ2) is 7.13. The van der Waals surface area contributed by atoms with Crippen LogP contribution in [0.1, 0.15) is 43.0 Å². The fourth-order valence-electron chi connectivity index (χ4n) is 3.39. The average molecular weight is 315 g/mol. The number of benzene rings is 1. The standard InChI is InChI=1S/C18H25N3O2/c1-14(20-9-2-3-10-20)13-19-18(23)15-6-4-7-16(12-15)21-11-5-8-17(21)22/h4,6-7,12,14H,2-3,5,8-11,13H2,1H3,(H,19,23). The third-order valence-electron chi connectivity index (χ3n) is 4.82. The molecule has 2 aliphatic rings. The predicted octanol–water partition coefficient (Wildman–Crippen LogP) is 2.03. The molecule has 2 amide bonds. The highest BCUT2D eigenvalue weighted by Crippen LogP contribution is 2.22. The van der Waals surface area contributed by atoms with E-state index < -0.39 is 0 Å². The molecule has 1 N–H and O–H groups in total. The molecule has 2 saturated heterocycles. The molecule has 1 atom stereocenters. The lowest BCUT2D eigenvalue weighted by Crippen LogP contribution is -2.40. The van der Waals surface area contributed by atoms with Crippen LogP contribution in [0.5, 0.6) is 0 Å². The first kappa shape index (κ1) is 16.0. The van der Waals surface area contributed by atoms with Crippen molar-refractivity contribution >= 4 is 17.5 Å². The number of nitrogens with zero attached hydrogens (tertiary/aromatic N) is 2. The molecule has 1 aromatic rings. The number of amides is 2. The zero-order valence-electron chi connectivity index (χ0n) is 13.8. The summed E-state index contributed by atoms with van der Waals surface area (Å²) in [5.74, 6) is 0.0785. The molecule has 2 fully saturated rings. The molecule has 0 saturated carbocycles. The van der Waals surface area contributed by atoms with Gasteiger partial charge < -0.3 is 10.2 Å². The van der Waals surface area contributed by atoms with Crippen molar-refractivity contribution < 1.29 is 9.59 Å². The summed E-state index contributed by atoms with van der Waals surface area (Å²) in [5.41, 5.74) is 1.45. The Labute approximate surface area is 137 Å². The van der Waals surface area contributed by atoms with Crippen LogP contribution in [0.3, 0.4) is 0 Å². The lowest BCUT2D eigenvalue weighted by molar-refractivity contribution is -0.117. The molecule has 0 spiro atoms. The minimum Gasteiger partial charge on any atom is -0.350 e. The molecule has 2 heterocycles. The number of carbonyl (C=O) groups is 2. The second-order valence-corrected chi connectivity index (χ2v) is 6.50. The molecule has 124 valence electrons. The summed E-state index contributed by atoms with van der Waals surface area (Å²) in [4.78, 5) is 28.4. The van der Waals surface area contributed by atoms with Crippen molar-refractivity contribution in [1.82, 2.24) is 10.2 Å². The number of rotatable bonds is 5. The van der Waals surface area contributed by atoms with Gasteiger partial charge in [0.15, 0.2) is 0 Å². The van der Waals surface area contributed by atoms with E-state index in [1.165, 1.54) is 12.8 Å². The first-order valence-corrected chi connectivity index (χ1v) is 8.58. The zero-order valence-corrected chi connectivity index (χ0v) is 13.8. The van der Waals surface area contributed by atoms with E-state index in [9.17, 15) is 9.59 Å². The van der Waals surface area contributed by atoms with Crippen LogP contribution in [0.25, 0.3) is 0 Å². The SMILES string of the molecule is CC(CNC(=O)c1cccc(N2CCCC2=O)c1)N1CCCC1. The first-order valence-electron chi connectivity index (χ1n) is 8.58. The smallest absolute Gasteiger partial charge is 0.251 e. The Kier molecular flexibility index (Phi) is 4.96. The van der Waals surface area contributed by atoms with E-state index in [2.05, 4.69) is 17.1 Å². The average Bonchev–Trinajstić information content (AvgIpc) is 3.24. The van der Waals surface area contributed by atoms with Crippen LogP contribution in [-0.4, -0.2) is 48.9 Å². The molecule has 0 aromatic heterocycles. The van der Waals surface area contributed by atoms with Crippen LogP contribution in [-0.2, 0) is 4.79 Å². The van der Waals surface area contributed by atoms with Gasteiger partial charge in [-0.3, -0.25) is 14.5 Å². The van der Waals surface area contributed by atoms with Crippen molar-refractivity contribution in [3.63, 3.8) is 0 Å². The molecule has 0 aliphatic carbocycles. The summed E-state index contributed by atoms with van der Waals surface area (Å²) in [6, 6.07) is 7.73. The number of nitrogens with one attached hydrogen (secondary N) is 1. The van der Waals surface area contributed by atoms with Crippen molar-refractivity contribution in [2.75, 3.05) is 31.1 Å². The maximum atomic E-state index is 12.4. The highest BCUT2D eigenvalue weighted by molar-refractivity contribution is 5.99. The maximum absolute atomic E-state index is 12.4. The van der Waals surface area contributed by atoms with Crippen molar-refractivity contribution in [2.24, 2.45) is 0 Å². The lowest BCUT2D eigenvalue weighted by atomic mass is 10.1. The fraction of sp³-hybridized carbons (Fsp3) is 0.556. The third-order valence-corrected chi connectivity index (χ3v) is 4.82. The first-order chi connectivity index (χ1) is 11.1. The summed E-state index contributed by atoms with van der Waals surface area (Å²) in [6.45, 7) is 5.82. The minimum absolute atomic E-state index is 0.0652. The highest BCUT2D eigenvalue weighted by Gasteiger charge is 2.22. The second-order valence-electron chi connectivity index (χ2n) is 6.50. The van der Waals surface area contributed by atoms with Crippen molar-refractivity contribution in [1.29, 1.82) is 0 Å². The molecule has 5 heteroatoms. The summed E-state index contributed by atoms with van der Waals surface area (Å²) >= 11 is 0. The molecule has 23 heavy (non-hydrogen) atoms. The van der Waals surface area contributed by atoms with E-state index in [4.69, 9.17) is 0 Å². The fourth-order valence-corrected chi connectivity index (χ4v) is 3.39. The topological polar surface area (TPSA) is 52.7 Å². The number of anilines is 1. The summed E-state index contributed by atoms with van der Waals surface area (Å²) < 4.78 is 0. The van der Waals surface area contributed by atoms with E-state index >= 15 is 0 Å². The van der Waals surface area contributed by atoms with Gasteiger partial charge in [-0.25, -0.2) is 0 Å². The van der Waals surface area contributed by atoms with E-state index in [0.717, 1.165) is 31.7 Å². The van der Waals surface area contributed by atoms with Crippen molar-refractivity contribution in [3.8, 4) is 0 Å². The molecule has 3 rings (SSSR count). The molecule has 2 aliphatic heterocycles. The van der Waals surface area contributed by atoms with Crippen molar-refractivity contribution in [2.45, 2.75) is 38.6 Å². The van der Waals surface area contributed by atoms with Gasteiger partial charge in [0.25, 0.3) is 5.91 Å². The Morgan fingerprint density at radius 3 is 2.70 bits per heavy atom. The number of likely N-dealkylation sites (tertiary alicyclic amines) is 1. The van der Waals surface area contributed by atoms with Gasteiger partial charge in [-0.15, -0.1) is 0 Å². The van der Waals surface area contributed by atoms with Gasteiger partial charge in [-0.05, 0) is 57.5 Å². The Morgan fingerprint density at radius 2 is 2.00 bits per heavy atom. The molecule has 5 nitrogen and oxygen atoms in total. The van der Waals surface area contributed by atoms with Crippen LogP contribution in [0, 0.1) is 0 Å². The van der Waals surface area contributed by atoms with Crippen LogP contribution < -0.4 is 10.2 Å². The maximum Gasteiger partial charge on any atom is 0.251 e. The molecule has 1 aromatic carbocycles. The lowest BCUT2D eigenvalue weighted by Gasteiger charge is -2.24. The van der Waals surface area contributed by atoms with Crippen LogP contribution in [0.2, 0.25) is 0 Å². The van der Waals surface area contributed by atoms with E-state index in [1.54, 1.807) is 11.0 Å². The molecular weight excluding hydrogens is 290 g/mol.